The van der Waals surface area contributed by atoms with E-state index in [-0.39, 0.29) is 22.9 Å². The number of aryl methyl sites for hydroxylation is 1. The van der Waals surface area contributed by atoms with Crippen LogP contribution in [0.4, 0.5) is 0 Å². The summed E-state index contributed by atoms with van der Waals surface area (Å²) in [6, 6.07) is 9.03. The van der Waals surface area contributed by atoms with Crippen molar-refractivity contribution in [2.45, 2.75) is 25.0 Å². The Balaban J connectivity index is 1.88. The second-order valence-corrected chi connectivity index (χ2v) is 6.91. The summed E-state index contributed by atoms with van der Waals surface area (Å²) in [4.78, 5) is 12.9. The Morgan fingerprint density at radius 3 is 2.83 bits per heavy atom. The average Bonchev–Trinajstić information content (AvgIpc) is 3.17. The van der Waals surface area contributed by atoms with E-state index in [1.807, 2.05) is 36.7 Å². The number of epoxide rings is 1. The van der Waals surface area contributed by atoms with E-state index in [4.69, 9.17) is 9.47 Å². The molecule has 1 saturated heterocycles. The molecule has 1 aromatic heterocycles. The summed E-state index contributed by atoms with van der Waals surface area (Å²) in [5.74, 6) is 0.615. The van der Waals surface area contributed by atoms with Gasteiger partial charge >= 0.3 is 0 Å². The number of para-hydroxylation sites is 1. The molecule has 0 spiro atoms. The van der Waals surface area contributed by atoms with Gasteiger partial charge in [0, 0.05) is 30.5 Å². The number of phenolic OH excluding ortho intramolecular Hbond substituents is 1. The van der Waals surface area contributed by atoms with Crippen LogP contribution in [0.15, 0.2) is 35.1 Å². The van der Waals surface area contributed by atoms with Crippen LogP contribution in [0, 0.1) is 0 Å². The van der Waals surface area contributed by atoms with E-state index in [2.05, 4.69) is 0 Å². The molecule has 24 heavy (non-hydrogen) atoms. The molecule has 3 aromatic rings. The Morgan fingerprint density at radius 2 is 2.08 bits per heavy atom. The Hall–Kier alpha value is -2.53. The van der Waals surface area contributed by atoms with E-state index in [1.54, 1.807) is 12.1 Å². The quantitative estimate of drug-likeness (QED) is 0.552. The molecule has 1 fully saturated rings. The first-order valence-electron chi connectivity index (χ1n) is 8.06. The molecule has 0 amide bonds. The van der Waals surface area contributed by atoms with Crippen molar-refractivity contribution in [3.63, 3.8) is 0 Å². The van der Waals surface area contributed by atoms with E-state index in [9.17, 15) is 9.90 Å². The van der Waals surface area contributed by atoms with Gasteiger partial charge in [-0.2, -0.15) is 0 Å². The molecule has 5 rings (SSSR count). The lowest BCUT2D eigenvalue weighted by molar-refractivity contribution is 0.127. The summed E-state index contributed by atoms with van der Waals surface area (Å²) < 4.78 is 13.5. The zero-order valence-electron chi connectivity index (χ0n) is 13.5. The van der Waals surface area contributed by atoms with Crippen molar-refractivity contribution in [2.75, 3.05) is 6.61 Å². The van der Waals surface area contributed by atoms with E-state index in [0.29, 0.717) is 29.5 Å². The van der Waals surface area contributed by atoms with Crippen LogP contribution < -0.4 is 10.2 Å². The molecule has 5 heteroatoms. The van der Waals surface area contributed by atoms with Gasteiger partial charge in [0.25, 0.3) is 0 Å². The van der Waals surface area contributed by atoms with Crippen molar-refractivity contribution in [2.24, 2.45) is 7.05 Å². The van der Waals surface area contributed by atoms with Gasteiger partial charge in [0.05, 0.1) is 23.0 Å². The van der Waals surface area contributed by atoms with E-state index in [1.165, 1.54) is 0 Å². The van der Waals surface area contributed by atoms with Crippen LogP contribution in [-0.4, -0.2) is 28.0 Å². The third kappa shape index (κ3) is 1.65. The number of aromatic hydroxyl groups is 1. The molecule has 2 aliphatic rings. The molecular formula is C19H17NO4. The van der Waals surface area contributed by atoms with Crippen LogP contribution in [0.3, 0.4) is 0 Å². The maximum absolute atomic E-state index is 12.9. The molecule has 2 aromatic carbocycles. The molecule has 0 aliphatic carbocycles. The monoisotopic (exact) mass is 323 g/mol. The van der Waals surface area contributed by atoms with Gasteiger partial charge < -0.3 is 19.1 Å². The van der Waals surface area contributed by atoms with Crippen LogP contribution >= 0.6 is 0 Å². The smallest absolute Gasteiger partial charge is 0.200 e. The number of phenols is 1. The molecule has 0 bridgehead atoms. The number of ether oxygens (including phenoxy) is 2. The molecule has 2 aliphatic heterocycles. The fourth-order valence-electron chi connectivity index (χ4n) is 3.80. The molecular weight excluding hydrogens is 306 g/mol. The summed E-state index contributed by atoms with van der Waals surface area (Å²) >= 11 is 0. The third-order valence-electron chi connectivity index (χ3n) is 5.36. The highest BCUT2D eigenvalue weighted by atomic mass is 16.6. The SMILES string of the molecule is Cn1c2ccccc2c(=O)c2c(O)cc3c(c21)C[C@H]([C@@]1(C)CO1)O3. The van der Waals surface area contributed by atoms with Gasteiger partial charge in [-0.25, -0.2) is 0 Å². The molecule has 2 atom stereocenters. The first kappa shape index (κ1) is 13.9. The predicted octanol–water partition coefficient (Wildman–Crippen LogP) is 2.49. The standard InChI is InChI=1S/C19H17NO4/c1-19(9-23-19)15-7-11-14(24-15)8-13(21)16-17(11)20(2)12-6-4-3-5-10(12)18(16)22/h3-6,8,15,21H,7,9H2,1-2H3/t15-,19-/m1/s1. The van der Waals surface area contributed by atoms with Gasteiger partial charge in [0.15, 0.2) is 0 Å². The molecule has 1 N–H and O–H groups in total. The van der Waals surface area contributed by atoms with Crippen LogP contribution in [0.25, 0.3) is 21.8 Å². The molecule has 5 nitrogen and oxygen atoms in total. The van der Waals surface area contributed by atoms with Gasteiger partial charge in [-0.05, 0) is 19.1 Å². The zero-order chi connectivity index (χ0) is 16.6. The molecule has 3 heterocycles. The number of benzene rings is 2. The molecule has 0 unspecified atom stereocenters. The average molecular weight is 323 g/mol. The van der Waals surface area contributed by atoms with Gasteiger partial charge in [0.2, 0.25) is 5.43 Å². The number of nitrogens with zero attached hydrogens (tertiary/aromatic N) is 1. The van der Waals surface area contributed by atoms with Crippen molar-refractivity contribution in [1.82, 2.24) is 4.57 Å². The van der Waals surface area contributed by atoms with Crippen molar-refractivity contribution >= 4 is 21.8 Å². The maximum Gasteiger partial charge on any atom is 0.200 e. The van der Waals surface area contributed by atoms with Crippen molar-refractivity contribution < 1.29 is 14.6 Å². The normalized spacial score (nSPS) is 25.0. The Bertz CT molecular complexity index is 1080. The topological polar surface area (TPSA) is 64.0 Å². The largest absolute Gasteiger partial charge is 0.507 e. The van der Waals surface area contributed by atoms with Gasteiger partial charge in [0.1, 0.15) is 23.2 Å². The number of aromatic nitrogens is 1. The van der Waals surface area contributed by atoms with E-state index >= 15 is 0 Å². The summed E-state index contributed by atoms with van der Waals surface area (Å²) in [6.45, 7) is 2.71. The highest BCUT2D eigenvalue weighted by Gasteiger charge is 2.51. The minimum absolute atomic E-state index is 0.0300. The number of hydrogen-bond donors (Lipinski definition) is 1. The fourth-order valence-corrected chi connectivity index (χ4v) is 3.80. The van der Waals surface area contributed by atoms with E-state index in [0.717, 1.165) is 16.6 Å². The summed E-state index contributed by atoms with van der Waals surface area (Å²) in [5, 5.41) is 11.4. The summed E-state index contributed by atoms with van der Waals surface area (Å²) in [6.07, 6.45) is 0.591. The molecule has 122 valence electrons. The van der Waals surface area contributed by atoms with Crippen LogP contribution in [0.1, 0.15) is 12.5 Å². The number of fused-ring (bicyclic) bond motifs is 4. The number of hydrogen-bond acceptors (Lipinski definition) is 4. The van der Waals surface area contributed by atoms with Gasteiger partial charge in [-0.1, -0.05) is 12.1 Å². The first-order chi connectivity index (χ1) is 11.5. The lowest BCUT2D eigenvalue weighted by Crippen LogP contribution is -2.30. The Morgan fingerprint density at radius 1 is 1.33 bits per heavy atom. The second kappa shape index (κ2) is 4.30. The fraction of sp³-hybridized carbons (Fsp3) is 0.316. The third-order valence-corrected chi connectivity index (χ3v) is 5.36. The van der Waals surface area contributed by atoms with E-state index < -0.39 is 0 Å². The highest BCUT2D eigenvalue weighted by Crippen LogP contribution is 2.45. The lowest BCUT2D eigenvalue weighted by atomic mass is 9.97. The van der Waals surface area contributed by atoms with Crippen LogP contribution in [0.5, 0.6) is 11.5 Å². The minimum Gasteiger partial charge on any atom is -0.507 e. The minimum atomic E-state index is -0.267. The molecule has 0 saturated carbocycles. The van der Waals surface area contributed by atoms with Crippen molar-refractivity contribution in [3.05, 3.63) is 46.1 Å². The van der Waals surface area contributed by atoms with Gasteiger partial charge in [-0.15, -0.1) is 0 Å². The van der Waals surface area contributed by atoms with Gasteiger partial charge in [-0.3, -0.25) is 4.79 Å². The van der Waals surface area contributed by atoms with Crippen molar-refractivity contribution in [1.29, 1.82) is 0 Å². The zero-order valence-corrected chi connectivity index (χ0v) is 13.5. The highest BCUT2D eigenvalue weighted by molar-refractivity contribution is 5.99. The Kier molecular flexibility index (Phi) is 2.49. The predicted molar refractivity (Wildman–Crippen MR) is 90.8 cm³/mol. The number of rotatable bonds is 1. The number of pyridine rings is 1. The first-order valence-corrected chi connectivity index (χ1v) is 8.06. The summed E-state index contributed by atoms with van der Waals surface area (Å²) in [5.41, 5.74) is 2.16. The van der Waals surface area contributed by atoms with Crippen LogP contribution in [-0.2, 0) is 18.2 Å². The van der Waals surface area contributed by atoms with Crippen molar-refractivity contribution in [3.8, 4) is 11.5 Å². The lowest BCUT2D eigenvalue weighted by Gasteiger charge is -2.14. The maximum atomic E-state index is 12.9. The second-order valence-electron chi connectivity index (χ2n) is 6.91. The molecule has 0 radical (unpaired) electrons. The van der Waals surface area contributed by atoms with Crippen LogP contribution in [0.2, 0.25) is 0 Å². The Labute approximate surface area is 138 Å². The summed E-state index contributed by atoms with van der Waals surface area (Å²) in [7, 11) is 1.92.